The maximum absolute atomic E-state index is 12.2. The van der Waals surface area contributed by atoms with E-state index in [1.807, 2.05) is 38.6 Å². The van der Waals surface area contributed by atoms with Gasteiger partial charge in [0.25, 0.3) is 0 Å². The molecule has 1 aromatic heterocycles. The fourth-order valence-electron chi connectivity index (χ4n) is 2.86. The summed E-state index contributed by atoms with van der Waals surface area (Å²) in [6.07, 6.45) is 3.44. The molecule has 0 bridgehead atoms. The highest BCUT2D eigenvalue weighted by atomic mass is 16.5. The van der Waals surface area contributed by atoms with E-state index < -0.39 is 0 Å². The number of aromatic nitrogens is 3. The first-order valence-electron chi connectivity index (χ1n) is 9.00. The molecule has 0 aliphatic rings. The smallest absolute Gasteiger partial charge is 0.141 e. The molecule has 0 saturated carbocycles. The molecule has 5 heteroatoms. The minimum atomic E-state index is -0.343. The Labute approximate surface area is 147 Å². The van der Waals surface area contributed by atoms with Gasteiger partial charge in [0, 0.05) is 37.1 Å². The number of ether oxygens (including phenoxy) is 1. The number of nitrogens with zero attached hydrogens (tertiary/aromatic N) is 3. The molecule has 1 heterocycles. The number of ketones is 1. The zero-order valence-electron chi connectivity index (χ0n) is 16.7. The summed E-state index contributed by atoms with van der Waals surface area (Å²) in [7, 11) is 0. The Bertz CT molecular complexity index is 530. The van der Waals surface area contributed by atoms with Crippen molar-refractivity contribution in [3.8, 4) is 0 Å². The van der Waals surface area contributed by atoms with Gasteiger partial charge in [-0.1, -0.05) is 46.8 Å². The van der Waals surface area contributed by atoms with Gasteiger partial charge in [0.1, 0.15) is 5.78 Å². The molecule has 0 atom stereocenters. The number of Topliss-reactive ketones (excluding diaryl/α,β-unsaturated/α-hetero) is 1. The van der Waals surface area contributed by atoms with Crippen LogP contribution in [-0.4, -0.2) is 33.0 Å². The number of hydrogen-bond donors (Lipinski definition) is 0. The Hall–Kier alpha value is -1.23. The van der Waals surface area contributed by atoms with E-state index in [-0.39, 0.29) is 16.9 Å². The second kappa shape index (κ2) is 8.24. The Morgan fingerprint density at radius 3 is 2.38 bits per heavy atom. The summed E-state index contributed by atoms with van der Waals surface area (Å²) < 4.78 is 7.95. The molecule has 0 saturated heterocycles. The molecule has 0 aromatic carbocycles. The van der Waals surface area contributed by atoms with Gasteiger partial charge in [0.05, 0.1) is 11.3 Å². The van der Waals surface area contributed by atoms with Crippen LogP contribution in [-0.2, 0) is 22.5 Å². The van der Waals surface area contributed by atoms with Crippen molar-refractivity contribution >= 4 is 5.78 Å². The van der Waals surface area contributed by atoms with Crippen LogP contribution in [0.4, 0.5) is 0 Å². The van der Waals surface area contributed by atoms with E-state index in [0.29, 0.717) is 24.7 Å². The van der Waals surface area contributed by atoms with E-state index in [0.717, 1.165) is 18.7 Å². The van der Waals surface area contributed by atoms with Crippen molar-refractivity contribution < 1.29 is 9.53 Å². The van der Waals surface area contributed by atoms with Crippen LogP contribution >= 0.6 is 0 Å². The van der Waals surface area contributed by atoms with Crippen LogP contribution in [0.5, 0.6) is 0 Å². The van der Waals surface area contributed by atoms with E-state index in [1.165, 1.54) is 0 Å². The molecule has 0 radical (unpaired) electrons. The predicted molar refractivity (Wildman–Crippen MR) is 96.8 cm³/mol. The van der Waals surface area contributed by atoms with Crippen molar-refractivity contribution in [1.82, 2.24) is 15.0 Å². The standard InChI is InChI=1S/C19H35N3O2/c1-14(2)12-22-13-16(20-21-22)11-19(7,8)24-10-9-18(5,6)17(23)15(3)4/h13-15H,9-12H2,1-8H3. The first-order chi connectivity index (χ1) is 10.9. The Kier molecular flexibility index (Phi) is 7.14. The first-order valence-corrected chi connectivity index (χ1v) is 9.00. The van der Waals surface area contributed by atoms with Crippen molar-refractivity contribution in [2.75, 3.05) is 6.61 Å². The first kappa shape index (κ1) is 20.8. The highest BCUT2D eigenvalue weighted by Crippen LogP contribution is 2.27. The number of rotatable bonds is 10. The predicted octanol–water partition coefficient (Wildman–Crippen LogP) is 3.91. The van der Waals surface area contributed by atoms with Gasteiger partial charge in [0.2, 0.25) is 0 Å². The molecule has 0 fully saturated rings. The average Bonchev–Trinajstić information content (AvgIpc) is 2.82. The van der Waals surface area contributed by atoms with Gasteiger partial charge in [-0.2, -0.15) is 0 Å². The Morgan fingerprint density at radius 2 is 1.83 bits per heavy atom. The van der Waals surface area contributed by atoms with Gasteiger partial charge in [0.15, 0.2) is 0 Å². The van der Waals surface area contributed by atoms with Crippen molar-refractivity contribution in [2.45, 2.75) is 80.4 Å². The lowest BCUT2D eigenvalue weighted by atomic mass is 9.80. The van der Waals surface area contributed by atoms with E-state index in [2.05, 4.69) is 38.0 Å². The zero-order valence-corrected chi connectivity index (χ0v) is 16.7. The zero-order chi connectivity index (χ0) is 18.5. The van der Waals surface area contributed by atoms with Gasteiger partial charge < -0.3 is 4.74 Å². The lowest BCUT2D eigenvalue weighted by molar-refractivity contribution is -0.132. The maximum atomic E-state index is 12.2. The van der Waals surface area contributed by atoms with E-state index in [4.69, 9.17) is 4.74 Å². The second-order valence-corrected chi connectivity index (χ2v) is 8.76. The highest BCUT2D eigenvalue weighted by molar-refractivity contribution is 5.85. The lowest BCUT2D eigenvalue weighted by Crippen LogP contribution is -2.33. The summed E-state index contributed by atoms with van der Waals surface area (Å²) in [4.78, 5) is 12.2. The third-order valence-electron chi connectivity index (χ3n) is 4.16. The summed E-state index contributed by atoms with van der Waals surface area (Å²) >= 11 is 0. The number of carbonyl (C=O) groups excluding carboxylic acids is 1. The lowest BCUT2D eigenvalue weighted by Gasteiger charge is -2.29. The van der Waals surface area contributed by atoms with Crippen LogP contribution in [0.1, 0.15) is 67.5 Å². The maximum Gasteiger partial charge on any atom is 0.141 e. The largest absolute Gasteiger partial charge is 0.375 e. The molecule has 0 unspecified atom stereocenters. The summed E-state index contributed by atoms with van der Waals surface area (Å²) in [5.41, 5.74) is 0.276. The third kappa shape index (κ3) is 6.71. The van der Waals surface area contributed by atoms with Crippen LogP contribution in [0.25, 0.3) is 0 Å². The topological polar surface area (TPSA) is 57.0 Å². The summed E-state index contributed by atoms with van der Waals surface area (Å²) in [5.74, 6) is 0.897. The van der Waals surface area contributed by atoms with Crippen LogP contribution in [0.3, 0.4) is 0 Å². The SMILES string of the molecule is CC(C)Cn1cc(CC(C)(C)OCCC(C)(C)C(=O)C(C)C)nn1. The van der Waals surface area contributed by atoms with Crippen molar-refractivity contribution in [3.63, 3.8) is 0 Å². The quantitative estimate of drug-likeness (QED) is 0.649. The van der Waals surface area contributed by atoms with E-state index in [1.54, 1.807) is 0 Å². The third-order valence-corrected chi connectivity index (χ3v) is 4.16. The minimum Gasteiger partial charge on any atom is -0.375 e. The minimum absolute atomic E-state index is 0.0593. The number of hydrogen-bond acceptors (Lipinski definition) is 4. The molecule has 0 aliphatic carbocycles. The normalized spacial score (nSPS) is 13.1. The molecule has 1 aromatic rings. The summed E-state index contributed by atoms with van der Waals surface area (Å²) in [6.45, 7) is 17.8. The Morgan fingerprint density at radius 1 is 1.21 bits per heavy atom. The summed E-state index contributed by atoms with van der Waals surface area (Å²) in [5, 5.41) is 8.41. The van der Waals surface area contributed by atoms with Crippen molar-refractivity contribution in [1.29, 1.82) is 0 Å². The van der Waals surface area contributed by atoms with E-state index in [9.17, 15) is 4.79 Å². The molecule has 0 amide bonds. The van der Waals surface area contributed by atoms with Crippen LogP contribution in [0, 0.1) is 17.3 Å². The molecule has 0 N–H and O–H groups in total. The monoisotopic (exact) mass is 337 g/mol. The highest BCUT2D eigenvalue weighted by Gasteiger charge is 2.30. The fourth-order valence-corrected chi connectivity index (χ4v) is 2.86. The molecule has 24 heavy (non-hydrogen) atoms. The Balaban J connectivity index is 2.52. The second-order valence-electron chi connectivity index (χ2n) is 8.76. The molecule has 0 aliphatic heterocycles. The van der Waals surface area contributed by atoms with Gasteiger partial charge >= 0.3 is 0 Å². The van der Waals surface area contributed by atoms with Gasteiger partial charge in [-0.25, -0.2) is 0 Å². The van der Waals surface area contributed by atoms with Crippen LogP contribution in [0.2, 0.25) is 0 Å². The van der Waals surface area contributed by atoms with Crippen molar-refractivity contribution in [2.24, 2.45) is 17.3 Å². The van der Waals surface area contributed by atoms with E-state index >= 15 is 0 Å². The van der Waals surface area contributed by atoms with Gasteiger partial charge in [-0.05, 0) is 26.2 Å². The average molecular weight is 338 g/mol. The fraction of sp³-hybridized carbons (Fsp3) is 0.842. The molecule has 1 rings (SSSR count). The molecular formula is C19H35N3O2. The van der Waals surface area contributed by atoms with Crippen molar-refractivity contribution in [3.05, 3.63) is 11.9 Å². The molecule has 5 nitrogen and oxygen atoms in total. The van der Waals surface area contributed by atoms with Gasteiger partial charge in [-0.15, -0.1) is 5.10 Å². The van der Waals surface area contributed by atoms with Gasteiger partial charge in [-0.3, -0.25) is 9.48 Å². The molecule has 138 valence electrons. The molecular weight excluding hydrogens is 302 g/mol. The van der Waals surface area contributed by atoms with Crippen LogP contribution < -0.4 is 0 Å². The summed E-state index contributed by atoms with van der Waals surface area (Å²) in [6, 6.07) is 0. The van der Waals surface area contributed by atoms with Crippen LogP contribution in [0.15, 0.2) is 6.20 Å². The number of carbonyl (C=O) groups is 1. The molecule has 0 spiro atoms.